The van der Waals surface area contributed by atoms with Crippen LogP contribution in [-0.2, 0) is 0 Å². The monoisotopic (exact) mass is 250 g/mol. The number of rotatable bonds is 2. The van der Waals surface area contributed by atoms with Crippen LogP contribution in [0.5, 0.6) is 0 Å². The van der Waals surface area contributed by atoms with Crippen LogP contribution in [0, 0.1) is 11.3 Å². The molecule has 0 aromatic carbocycles. The Bertz CT molecular complexity index is 287. The van der Waals surface area contributed by atoms with Crippen molar-refractivity contribution in [2.45, 2.75) is 70.3 Å². The molecule has 2 N–H and O–H groups in total. The van der Waals surface area contributed by atoms with Crippen LogP contribution in [0.15, 0.2) is 0 Å². The summed E-state index contributed by atoms with van der Waals surface area (Å²) >= 11 is 0. The Morgan fingerprint density at radius 3 is 2.28 bits per heavy atom. The van der Waals surface area contributed by atoms with E-state index >= 15 is 0 Å². The molecular weight excluding hydrogens is 220 g/mol. The summed E-state index contributed by atoms with van der Waals surface area (Å²) in [5, 5.41) is 0. The van der Waals surface area contributed by atoms with E-state index < -0.39 is 0 Å². The number of nitrogens with two attached hydrogens (primary N) is 1. The summed E-state index contributed by atoms with van der Waals surface area (Å²) < 4.78 is 0. The molecule has 2 unspecified atom stereocenters. The van der Waals surface area contributed by atoms with E-state index in [1.165, 1.54) is 70.9 Å². The van der Waals surface area contributed by atoms with Gasteiger partial charge in [0.1, 0.15) is 0 Å². The lowest BCUT2D eigenvalue weighted by Gasteiger charge is -2.62. The van der Waals surface area contributed by atoms with Gasteiger partial charge >= 0.3 is 0 Å². The average Bonchev–Trinajstić information content (AvgIpc) is 2.38. The van der Waals surface area contributed by atoms with E-state index in [9.17, 15) is 0 Å². The van der Waals surface area contributed by atoms with E-state index in [2.05, 4.69) is 11.8 Å². The first-order valence-electron chi connectivity index (χ1n) is 8.16. The van der Waals surface area contributed by atoms with Crippen molar-refractivity contribution in [3.8, 4) is 0 Å². The molecule has 2 atom stereocenters. The van der Waals surface area contributed by atoms with Crippen LogP contribution in [0.1, 0.15) is 64.7 Å². The highest BCUT2D eigenvalue weighted by molar-refractivity contribution is 5.07. The summed E-state index contributed by atoms with van der Waals surface area (Å²) in [7, 11) is 0. The highest BCUT2D eigenvalue weighted by Crippen LogP contribution is 2.50. The van der Waals surface area contributed by atoms with Gasteiger partial charge in [-0.25, -0.2) is 0 Å². The van der Waals surface area contributed by atoms with E-state index in [0.717, 1.165) is 12.5 Å². The molecule has 3 rings (SSSR count). The standard InChI is InChI=1S/C16H30N2/c1-14-7-3-6-10-16(14,11-17)18-12-15(13-18)8-4-2-5-9-15/h14H,2-13,17H2,1H3. The number of nitrogens with zero attached hydrogens (tertiary/aromatic N) is 1. The van der Waals surface area contributed by atoms with Crippen molar-refractivity contribution < 1.29 is 0 Å². The van der Waals surface area contributed by atoms with Crippen molar-refractivity contribution >= 4 is 0 Å². The Morgan fingerprint density at radius 2 is 1.67 bits per heavy atom. The highest BCUT2D eigenvalue weighted by Gasteiger charge is 2.53. The lowest BCUT2D eigenvalue weighted by atomic mass is 9.63. The fourth-order valence-corrected chi connectivity index (χ4v) is 5.00. The SMILES string of the molecule is CC1CCCCC1(CN)N1CC2(CCCCC2)C1. The van der Waals surface area contributed by atoms with Gasteiger partial charge in [-0.3, -0.25) is 4.90 Å². The van der Waals surface area contributed by atoms with E-state index in [1.807, 2.05) is 0 Å². The normalized spacial score (nSPS) is 40.7. The van der Waals surface area contributed by atoms with E-state index in [1.54, 1.807) is 0 Å². The fourth-order valence-electron chi connectivity index (χ4n) is 5.00. The Labute approximate surface area is 112 Å². The van der Waals surface area contributed by atoms with Crippen LogP contribution < -0.4 is 5.73 Å². The molecule has 1 heterocycles. The molecule has 2 aliphatic carbocycles. The lowest BCUT2D eigenvalue weighted by molar-refractivity contribution is -0.123. The fraction of sp³-hybridized carbons (Fsp3) is 1.00. The third-order valence-electron chi connectivity index (χ3n) is 6.36. The quantitative estimate of drug-likeness (QED) is 0.815. The summed E-state index contributed by atoms with van der Waals surface area (Å²) in [4.78, 5) is 2.78. The average molecular weight is 250 g/mol. The van der Waals surface area contributed by atoms with Crippen molar-refractivity contribution in [3.05, 3.63) is 0 Å². The predicted molar refractivity (Wildman–Crippen MR) is 76.5 cm³/mol. The van der Waals surface area contributed by atoms with Crippen molar-refractivity contribution in [3.63, 3.8) is 0 Å². The summed E-state index contributed by atoms with van der Waals surface area (Å²) in [6.45, 7) is 6.03. The van der Waals surface area contributed by atoms with E-state index in [0.29, 0.717) is 11.0 Å². The number of hydrogen-bond acceptors (Lipinski definition) is 2. The molecule has 3 fully saturated rings. The maximum atomic E-state index is 6.22. The largest absolute Gasteiger partial charge is 0.329 e. The molecular formula is C16H30N2. The molecule has 1 saturated heterocycles. The van der Waals surface area contributed by atoms with Crippen LogP contribution >= 0.6 is 0 Å². The first kappa shape index (κ1) is 12.9. The molecule has 0 radical (unpaired) electrons. The van der Waals surface area contributed by atoms with Gasteiger partial charge in [0.05, 0.1) is 0 Å². The third kappa shape index (κ3) is 1.92. The van der Waals surface area contributed by atoms with Crippen LogP contribution in [0.25, 0.3) is 0 Å². The molecule has 1 aliphatic heterocycles. The molecule has 104 valence electrons. The van der Waals surface area contributed by atoms with Gasteiger partial charge in [0.15, 0.2) is 0 Å². The van der Waals surface area contributed by atoms with Crippen molar-refractivity contribution in [2.24, 2.45) is 17.1 Å². The van der Waals surface area contributed by atoms with Crippen LogP contribution in [0.2, 0.25) is 0 Å². The van der Waals surface area contributed by atoms with Crippen molar-refractivity contribution in [2.75, 3.05) is 19.6 Å². The molecule has 0 aromatic heterocycles. The Balaban J connectivity index is 1.67. The zero-order chi connectivity index (χ0) is 12.6. The molecule has 0 amide bonds. The molecule has 0 bridgehead atoms. The number of likely N-dealkylation sites (tertiary alicyclic amines) is 1. The Morgan fingerprint density at radius 1 is 1.00 bits per heavy atom. The van der Waals surface area contributed by atoms with Crippen molar-refractivity contribution in [1.29, 1.82) is 0 Å². The van der Waals surface area contributed by atoms with Gasteiger partial charge in [-0.1, -0.05) is 39.0 Å². The van der Waals surface area contributed by atoms with Crippen LogP contribution in [0.3, 0.4) is 0 Å². The first-order chi connectivity index (χ1) is 8.71. The second-order valence-corrected chi connectivity index (χ2v) is 7.37. The summed E-state index contributed by atoms with van der Waals surface area (Å²) in [6, 6.07) is 0. The minimum atomic E-state index is 0.362. The zero-order valence-electron chi connectivity index (χ0n) is 12.1. The highest BCUT2D eigenvalue weighted by atomic mass is 15.3. The maximum absolute atomic E-state index is 6.22. The van der Waals surface area contributed by atoms with E-state index in [-0.39, 0.29) is 0 Å². The van der Waals surface area contributed by atoms with Gasteiger partial charge in [-0.15, -0.1) is 0 Å². The van der Waals surface area contributed by atoms with Crippen LogP contribution in [0.4, 0.5) is 0 Å². The van der Waals surface area contributed by atoms with Gasteiger partial charge in [-0.05, 0) is 37.0 Å². The van der Waals surface area contributed by atoms with Gasteiger partial charge in [-0.2, -0.15) is 0 Å². The minimum absolute atomic E-state index is 0.362. The van der Waals surface area contributed by atoms with Crippen molar-refractivity contribution in [1.82, 2.24) is 4.90 Å². The Hall–Kier alpha value is -0.0800. The van der Waals surface area contributed by atoms with Crippen LogP contribution in [-0.4, -0.2) is 30.1 Å². The molecule has 2 saturated carbocycles. The molecule has 0 aromatic rings. The zero-order valence-corrected chi connectivity index (χ0v) is 12.1. The van der Waals surface area contributed by atoms with Gasteiger partial charge in [0.25, 0.3) is 0 Å². The maximum Gasteiger partial charge on any atom is 0.0357 e. The second kappa shape index (κ2) is 4.79. The second-order valence-electron chi connectivity index (χ2n) is 7.37. The molecule has 2 heteroatoms. The summed E-state index contributed by atoms with van der Waals surface area (Å²) in [6.07, 6.45) is 12.9. The van der Waals surface area contributed by atoms with E-state index in [4.69, 9.17) is 5.73 Å². The smallest absolute Gasteiger partial charge is 0.0357 e. The van der Waals surface area contributed by atoms with Gasteiger partial charge < -0.3 is 5.73 Å². The minimum Gasteiger partial charge on any atom is -0.329 e. The predicted octanol–water partition coefficient (Wildman–Crippen LogP) is 3.16. The molecule has 18 heavy (non-hydrogen) atoms. The summed E-state index contributed by atoms with van der Waals surface area (Å²) in [5.41, 5.74) is 7.28. The van der Waals surface area contributed by atoms with Gasteiger partial charge in [0, 0.05) is 25.2 Å². The topological polar surface area (TPSA) is 29.3 Å². The Kier molecular flexibility index (Phi) is 3.44. The first-order valence-corrected chi connectivity index (χ1v) is 8.16. The summed E-state index contributed by atoms with van der Waals surface area (Å²) in [5.74, 6) is 0.803. The third-order valence-corrected chi connectivity index (χ3v) is 6.36. The number of hydrogen-bond donors (Lipinski definition) is 1. The molecule has 3 aliphatic rings. The molecule has 1 spiro atoms. The molecule has 2 nitrogen and oxygen atoms in total. The lowest BCUT2D eigenvalue weighted by Crippen LogP contribution is -2.70. The van der Waals surface area contributed by atoms with Gasteiger partial charge in [0.2, 0.25) is 0 Å².